The Labute approximate surface area is 126 Å². The van der Waals surface area contributed by atoms with Gasteiger partial charge in [0.2, 0.25) is 0 Å². The molecule has 106 valence electrons. The highest BCUT2D eigenvalue weighted by atomic mass is 32.1. The molecule has 0 aliphatic heterocycles. The number of carbonyl (C=O) groups is 1. The lowest BCUT2D eigenvalue weighted by Crippen LogP contribution is -2.27. The van der Waals surface area contributed by atoms with Crippen molar-refractivity contribution in [1.29, 1.82) is 5.26 Å². The Morgan fingerprint density at radius 3 is 2.90 bits per heavy atom. The first-order chi connectivity index (χ1) is 10.2. The van der Waals surface area contributed by atoms with Crippen LogP contribution < -0.4 is 11.1 Å². The highest BCUT2D eigenvalue weighted by molar-refractivity contribution is 7.15. The maximum Gasteiger partial charge on any atom is 0.257 e. The van der Waals surface area contributed by atoms with E-state index in [1.54, 1.807) is 24.3 Å². The van der Waals surface area contributed by atoms with E-state index < -0.39 is 0 Å². The van der Waals surface area contributed by atoms with Crippen LogP contribution >= 0.6 is 11.3 Å². The van der Waals surface area contributed by atoms with Gasteiger partial charge in [-0.3, -0.25) is 10.1 Å². The van der Waals surface area contributed by atoms with Crippen molar-refractivity contribution >= 4 is 22.4 Å². The number of nitriles is 1. The molecule has 1 atom stereocenters. The molecule has 0 spiro atoms. The predicted octanol–water partition coefficient (Wildman–Crippen LogP) is 2.08. The number of amides is 1. The summed E-state index contributed by atoms with van der Waals surface area (Å²) in [6.45, 7) is 0. The van der Waals surface area contributed by atoms with Crippen molar-refractivity contribution in [3.8, 4) is 6.07 Å². The van der Waals surface area contributed by atoms with Gasteiger partial charge in [0.05, 0.1) is 17.3 Å². The van der Waals surface area contributed by atoms with Crippen molar-refractivity contribution in [3.63, 3.8) is 0 Å². The van der Waals surface area contributed by atoms with Crippen LogP contribution in [0.2, 0.25) is 0 Å². The molecule has 1 heterocycles. The second-order valence-corrected chi connectivity index (χ2v) is 6.12. The summed E-state index contributed by atoms with van der Waals surface area (Å²) in [5.74, 6) is -0.213. The topological polar surface area (TPSA) is 91.8 Å². The van der Waals surface area contributed by atoms with Crippen LogP contribution in [0.25, 0.3) is 0 Å². The molecule has 1 aliphatic carbocycles. The number of nitrogens with one attached hydrogen (secondary N) is 1. The van der Waals surface area contributed by atoms with Gasteiger partial charge in [0.15, 0.2) is 5.13 Å². The van der Waals surface area contributed by atoms with Gasteiger partial charge in [0.25, 0.3) is 5.91 Å². The average molecular weight is 298 g/mol. The van der Waals surface area contributed by atoms with Crippen LogP contribution in [0.4, 0.5) is 5.13 Å². The zero-order valence-corrected chi connectivity index (χ0v) is 12.1. The van der Waals surface area contributed by atoms with E-state index in [1.165, 1.54) is 16.2 Å². The summed E-state index contributed by atoms with van der Waals surface area (Å²) >= 11 is 1.49. The summed E-state index contributed by atoms with van der Waals surface area (Å²) in [6.07, 6.45) is 2.65. The van der Waals surface area contributed by atoms with E-state index in [-0.39, 0.29) is 11.9 Å². The first-order valence-corrected chi connectivity index (χ1v) is 7.53. The normalized spacial score (nSPS) is 16.9. The summed E-state index contributed by atoms with van der Waals surface area (Å²) in [4.78, 5) is 17.8. The summed E-state index contributed by atoms with van der Waals surface area (Å²) in [7, 11) is 0. The van der Waals surface area contributed by atoms with Gasteiger partial charge in [-0.25, -0.2) is 4.98 Å². The van der Waals surface area contributed by atoms with Crippen molar-refractivity contribution in [2.45, 2.75) is 25.3 Å². The van der Waals surface area contributed by atoms with Gasteiger partial charge < -0.3 is 5.73 Å². The largest absolute Gasteiger partial charge is 0.327 e. The van der Waals surface area contributed by atoms with E-state index in [9.17, 15) is 4.79 Å². The third-order valence-electron chi connectivity index (χ3n) is 3.47. The summed E-state index contributed by atoms with van der Waals surface area (Å²) < 4.78 is 0. The summed E-state index contributed by atoms with van der Waals surface area (Å²) in [5, 5.41) is 12.2. The molecule has 0 saturated heterocycles. The molecule has 5 nitrogen and oxygen atoms in total. The fraction of sp³-hybridized carbons (Fsp3) is 0.267. The van der Waals surface area contributed by atoms with Crippen LogP contribution in [0.15, 0.2) is 24.3 Å². The molecule has 3 N–H and O–H groups in total. The quantitative estimate of drug-likeness (QED) is 0.888. The fourth-order valence-corrected chi connectivity index (χ4v) is 3.42. The molecule has 1 aromatic carbocycles. The molecule has 1 amide bonds. The van der Waals surface area contributed by atoms with Gasteiger partial charge in [-0.05, 0) is 43.5 Å². The van der Waals surface area contributed by atoms with E-state index in [4.69, 9.17) is 11.0 Å². The summed E-state index contributed by atoms with van der Waals surface area (Å²) in [5.41, 5.74) is 8.04. The second-order valence-electron chi connectivity index (χ2n) is 5.04. The monoisotopic (exact) mass is 298 g/mol. The van der Waals surface area contributed by atoms with Gasteiger partial charge in [-0.2, -0.15) is 5.26 Å². The molecule has 2 aromatic rings. The number of aromatic nitrogens is 1. The first-order valence-electron chi connectivity index (χ1n) is 6.71. The van der Waals surface area contributed by atoms with Crippen LogP contribution in [-0.2, 0) is 12.8 Å². The van der Waals surface area contributed by atoms with Gasteiger partial charge in [0, 0.05) is 16.5 Å². The third kappa shape index (κ3) is 2.94. The molecular formula is C15H14N4OS. The van der Waals surface area contributed by atoms with Crippen molar-refractivity contribution in [1.82, 2.24) is 4.98 Å². The van der Waals surface area contributed by atoms with E-state index in [2.05, 4.69) is 10.3 Å². The number of hydrogen-bond acceptors (Lipinski definition) is 5. The number of rotatable bonds is 2. The van der Waals surface area contributed by atoms with Gasteiger partial charge in [0.1, 0.15) is 0 Å². The zero-order chi connectivity index (χ0) is 14.8. The molecule has 6 heteroatoms. The maximum absolute atomic E-state index is 12.1. The Kier molecular flexibility index (Phi) is 3.69. The van der Waals surface area contributed by atoms with Crippen LogP contribution in [-0.4, -0.2) is 16.9 Å². The molecule has 21 heavy (non-hydrogen) atoms. The Bertz CT molecular complexity index is 714. The van der Waals surface area contributed by atoms with Crippen molar-refractivity contribution < 1.29 is 4.79 Å². The predicted molar refractivity (Wildman–Crippen MR) is 81.2 cm³/mol. The third-order valence-corrected chi connectivity index (χ3v) is 4.51. The van der Waals surface area contributed by atoms with Crippen molar-refractivity contribution in [2.75, 3.05) is 5.32 Å². The van der Waals surface area contributed by atoms with E-state index >= 15 is 0 Å². The molecule has 1 aliphatic rings. The molecule has 0 fully saturated rings. The molecular weight excluding hydrogens is 284 g/mol. The van der Waals surface area contributed by atoms with Crippen LogP contribution in [0, 0.1) is 11.3 Å². The first kappa shape index (κ1) is 13.7. The molecule has 0 bridgehead atoms. The number of nitrogens with zero attached hydrogens (tertiary/aromatic N) is 2. The van der Waals surface area contributed by atoms with Crippen LogP contribution in [0.1, 0.15) is 32.9 Å². The number of carbonyl (C=O) groups excluding carboxylic acids is 1. The zero-order valence-electron chi connectivity index (χ0n) is 11.3. The lowest BCUT2D eigenvalue weighted by molar-refractivity contribution is 0.102. The molecule has 0 saturated carbocycles. The number of thiazole rings is 1. The standard InChI is InChI=1S/C15H14N4OS/c16-8-9-1-3-10(4-2-9)14(20)19-15-18-12-6-5-11(17)7-13(12)21-15/h1-4,11H,5-7,17H2,(H,18,19,20)/t11-/m0/s1. The number of nitrogens with two attached hydrogens (primary N) is 1. The van der Waals surface area contributed by atoms with E-state index in [1.807, 2.05) is 6.07 Å². The number of hydrogen-bond donors (Lipinski definition) is 2. The SMILES string of the molecule is N#Cc1ccc(C(=O)Nc2nc3c(s2)C[C@@H](N)CC3)cc1. The minimum atomic E-state index is -0.213. The molecule has 3 rings (SSSR count). The number of aryl methyl sites for hydroxylation is 1. The number of anilines is 1. The number of benzene rings is 1. The number of fused-ring (bicyclic) bond motifs is 1. The molecule has 0 unspecified atom stereocenters. The Balaban J connectivity index is 1.74. The van der Waals surface area contributed by atoms with Crippen molar-refractivity contribution in [3.05, 3.63) is 46.0 Å². The van der Waals surface area contributed by atoms with Crippen molar-refractivity contribution in [2.24, 2.45) is 5.73 Å². The Hall–Kier alpha value is -2.23. The Morgan fingerprint density at radius 1 is 1.43 bits per heavy atom. The highest BCUT2D eigenvalue weighted by Crippen LogP contribution is 2.29. The lowest BCUT2D eigenvalue weighted by Gasteiger charge is -2.15. The van der Waals surface area contributed by atoms with Gasteiger partial charge >= 0.3 is 0 Å². The molecule has 1 aromatic heterocycles. The smallest absolute Gasteiger partial charge is 0.257 e. The van der Waals surface area contributed by atoms with E-state index in [0.29, 0.717) is 16.3 Å². The van der Waals surface area contributed by atoms with Crippen LogP contribution in [0.3, 0.4) is 0 Å². The van der Waals surface area contributed by atoms with Gasteiger partial charge in [-0.1, -0.05) is 0 Å². The minimum absolute atomic E-state index is 0.194. The average Bonchev–Trinajstić information content (AvgIpc) is 2.88. The summed E-state index contributed by atoms with van der Waals surface area (Å²) in [6, 6.07) is 8.74. The lowest BCUT2D eigenvalue weighted by atomic mass is 9.99. The Morgan fingerprint density at radius 2 is 2.19 bits per heavy atom. The molecule has 0 radical (unpaired) electrons. The second kappa shape index (κ2) is 5.64. The highest BCUT2D eigenvalue weighted by Gasteiger charge is 2.20. The minimum Gasteiger partial charge on any atom is -0.327 e. The fourth-order valence-electron chi connectivity index (χ4n) is 2.32. The van der Waals surface area contributed by atoms with Crippen LogP contribution in [0.5, 0.6) is 0 Å². The maximum atomic E-state index is 12.1. The van der Waals surface area contributed by atoms with E-state index in [0.717, 1.165) is 25.0 Å². The van der Waals surface area contributed by atoms with Gasteiger partial charge in [-0.15, -0.1) is 11.3 Å².